The van der Waals surface area contributed by atoms with Crippen LogP contribution in [0.3, 0.4) is 0 Å². The third-order valence-electron chi connectivity index (χ3n) is 3.36. The molecule has 0 aliphatic heterocycles. The van der Waals surface area contributed by atoms with Crippen LogP contribution in [-0.4, -0.2) is 23.2 Å². The monoisotopic (exact) mass is 285 g/mol. The predicted molar refractivity (Wildman–Crippen MR) is 77.2 cm³/mol. The van der Waals surface area contributed by atoms with Crippen LogP contribution in [0, 0.1) is 5.82 Å². The number of hydrogen-bond donors (Lipinski definition) is 2. The summed E-state index contributed by atoms with van der Waals surface area (Å²) < 4.78 is 19.4. The van der Waals surface area contributed by atoms with Crippen LogP contribution in [0.2, 0.25) is 0 Å². The fraction of sp³-hybridized carbons (Fsp3) is 0.0625. The number of H-pyrrole nitrogens is 1. The summed E-state index contributed by atoms with van der Waals surface area (Å²) >= 11 is 0. The first-order valence-electron chi connectivity index (χ1n) is 6.29. The first-order chi connectivity index (χ1) is 10.1. The summed E-state index contributed by atoms with van der Waals surface area (Å²) in [7, 11) is 1.40. The Balaban J connectivity index is 2.28. The molecular weight excluding hydrogens is 273 g/mol. The Bertz CT molecular complexity index is 839. The number of benzene rings is 2. The van der Waals surface area contributed by atoms with Crippen LogP contribution in [0.5, 0.6) is 5.75 Å². The van der Waals surface area contributed by atoms with Crippen LogP contribution in [0.1, 0.15) is 10.5 Å². The van der Waals surface area contributed by atoms with Gasteiger partial charge in [0, 0.05) is 16.5 Å². The van der Waals surface area contributed by atoms with E-state index >= 15 is 0 Å². The molecule has 0 unspecified atom stereocenters. The second-order valence-electron chi connectivity index (χ2n) is 4.58. The minimum Gasteiger partial charge on any atom is -0.494 e. The number of hydrogen-bond acceptors (Lipinski definition) is 2. The molecule has 0 saturated carbocycles. The summed E-state index contributed by atoms with van der Waals surface area (Å²) in [5, 5.41) is 9.77. The molecule has 106 valence electrons. The minimum absolute atomic E-state index is 0.0701. The number of aromatic nitrogens is 1. The topological polar surface area (TPSA) is 62.3 Å². The number of rotatable bonds is 3. The van der Waals surface area contributed by atoms with E-state index in [1.165, 1.54) is 19.2 Å². The maximum absolute atomic E-state index is 14.4. The van der Waals surface area contributed by atoms with Gasteiger partial charge in [0.15, 0.2) is 11.6 Å². The SMILES string of the molecule is COc1cccc(-c2cccc3cc(C(=O)O)[nH]c23)c1F. The Morgan fingerprint density at radius 3 is 2.62 bits per heavy atom. The second kappa shape index (κ2) is 4.94. The van der Waals surface area contributed by atoms with E-state index in [4.69, 9.17) is 9.84 Å². The summed E-state index contributed by atoms with van der Waals surface area (Å²) in [6.07, 6.45) is 0. The molecule has 0 atom stereocenters. The predicted octanol–water partition coefficient (Wildman–Crippen LogP) is 3.68. The van der Waals surface area contributed by atoms with E-state index in [1.807, 2.05) is 0 Å². The van der Waals surface area contributed by atoms with Crippen molar-refractivity contribution < 1.29 is 19.0 Å². The lowest BCUT2D eigenvalue weighted by Crippen LogP contribution is -1.95. The van der Waals surface area contributed by atoms with Gasteiger partial charge in [-0.1, -0.05) is 30.3 Å². The van der Waals surface area contributed by atoms with Gasteiger partial charge in [-0.25, -0.2) is 9.18 Å². The highest BCUT2D eigenvalue weighted by atomic mass is 19.1. The van der Waals surface area contributed by atoms with Crippen molar-refractivity contribution in [3.05, 3.63) is 54.0 Å². The fourth-order valence-electron chi connectivity index (χ4n) is 2.37. The largest absolute Gasteiger partial charge is 0.494 e. The lowest BCUT2D eigenvalue weighted by Gasteiger charge is -2.08. The highest BCUT2D eigenvalue weighted by Crippen LogP contribution is 2.33. The molecule has 3 rings (SSSR count). The molecule has 3 aromatic rings. The van der Waals surface area contributed by atoms with E-state index in [1.54, 1.807) is 30.3 Å². The van der Waals surface area contributed by atoms with Crippen LogP contribution in [0.4, 0.5) is 4.39 Å². The van der Waals surface area contributed by atoms with E-state index < -0.39 is 11.8 Å². The maximum atomic E-state index is 14.4. The van der Waals surface area contributed by atoms with E-state index in [0.717, 1.165) is 0 Å². The average molecular weight is 285 g/mol. The summed E-state index contributed by atoms with van der Waals surface area (Å²) in [6, 6.07) is 11.7. The van der Waals surface area contributed by atoms with Crippen LogP contribution in [0.25, 0.3) is 22.0 Å². The zero-order valence-corrected chi connectivity index (χ0v) is 11.2. The summed E-state index contributed by atoms with van der Waals surface area (Å²) in [6.45, 7) is 0. The van der Waals surface area contributed by atoms with E-state index in [2.05, 4.69) is 4.98 Å². The molecule has 0 fully saturated rings. The van der Waals surface area contributed by atoms with Crippen LogP contribution < -0.4 is 4.74 Å². The number of halogens is 1. The molecule has 0 radical (unpaired) electrons. The molecule has 0 spiro atoms. The van der Waals surface area contributed by atoms with Gasteiger partial charge in [0.05, 0.1) is 12.6 Å². The number of para-hydroxylation sites is 1. The number of nitrogens with one attached hydrogen (secondary N) is 1. The van der Waals surface area contributed by atoms with Gasteiger partial charge in [-0.05, 0) is 12.1 Å². The zero-order valence-electron chi connectivity index (χ0n) is 11.2. The smallest absolute Gasteiger partial charge is 0.352 e. The van der Waals surface area contributed by atoms with Gasteiger partial charge in [-0.2, -0.15) is 0 Å². The molecule has 0 saturated heterocycles. The van der Waals surface area contributed by atoms with Crippen molar-refractivity contribution in [1.29, 1.82) is 0 Å². The van der Waals surface area contributed by atoms with Crippen LogP contribution >= 0.6 is 0 Å². The minimum atomic E-state index is -1.05. The zero-order chi connectivity index (χ0) is 15.0. The van der Waals surface area contributed by atoms with Crippen molar-refractivity contribution in [1.82, 2.24) is 4.98 Å². The number of fused-ring (bicyclic) bond motifs is 1. The molecule has 0 bridgehead atoms. The third kappa shape index (κ3) is 2.12. The van der Waals surface area contributed by atoms with Gasteiger partial charge < -0.3 is 14.8 Å². The van der Waals surface area contributed by atoms with E-state index in [9.17, 15) is 9.18 Å². The molecule has 0 aliphatic rings. The number of carboxylic acids is 1. The van der Waals surface area contributed by atoms with Gasteiger partial charge in [-0.3, -0.25) is 0 Å². The summed E-state index contributed by atoms with van der Waals surface area (Å²) in [4.78, 5) is 13.9. The molecule has 0 amide bonds. The van der Waals surface area contributed by atoms with Gasteiger partial charge in [0.1, 0.15) is 5.69 Å². The first-order valence-corrected chi connectivity index (χ1v) is 6.29. The number of carboxylic acid groups (broad SMARTS) is 1. The van der Waals surface area contributed by atoms with Gasteiger partial charge in [0.2, 0.25) is 0 Å². The number of aromatic carboxylic acids is 1. The van der Waals surface area contributed by atoms with Crippen molar-refractivity contribution >= 4 is 16.9 Å². The molecule has 1 heterocycles. The van der Waals surface area contributed by atoms with Crippen molar-refractivity contribution in [2.45, 2.75) is 0 Å². The normalized spacial score (nSPS) is 10.8. The highest BCUT2D eigenvalue weighted by Gasteiger charge is 2.15. The molecule has 2 N–H and O–H groups in total. The molecule has 5 heteroatoms. The summed E-state index contributed by atoms with van der Waals surface area (Å²) in [5.74, 6) is -1.38. The second-order valence-corrected chi connectivity index (χ2v) is 4.58. The van der Waals surface area contributed by atoms with Crippen molar-refractivity contribution in [3.8, 4) is 16.9 Å². The molecule has 1 aromatic heterocycles. The number of ether oxygens (including phenoxy) is 1. The van der Waals surface area contributed by atoms with Crippen molar-refractivity contribution in [2.24, 2.45) is 0 Å². The molecule has 0 aliphatic carbocycles. The molecule has 4 nitrogen and oxygen atoms in total. The summed E-state index contributed by atoms with van der Waals surface area (Å²) in [5.41, 5.74) is 1.61. The third-order valence-corrected chi connectivity index (χ3v) is 3.36. The molecule has 21 heavy (non-hydrogen) atoms. The Hall–Kier alpha value is -2.82. The van der Waals surface area contributed by atoms with Crippen molar-refractivity contribution in [2.75, 3.05) is 7.11 Å². The van der Waals surface area contributed by atoms with Gasteiger partial charge >= 0.3 is 5.97 Å². The number of carbonyl (C=O) groups is 1. The van der Waals surface area contributed by atoms with E-state index in [0.29, 0.717) is 22.0 Å². The quantitative estimate of drug-likeness (QED) is 0.771. The highest BCUT2D eigenvalue weighted by molar-refractivity contribution is 6.00. The molecule has 2 aromatic carbocycles. The maximum Gasteiger partial charge on any atom is 0.352 e. The van der Waals surface area contributed by atoms with Gasteiger partial charge in [0.25, 0.3) is 0 Å². The van der Waals surface area contributed by atoms with E-state index in [-0.39, 0.29) is 11.4 Å². The Morgan fingerprint density at radius 1 is 1.19 bits per heavy atom. The lowest BCUT2D eigenvalue weighted by molar-refractivity contribution is 0.0691. The fourth-order valence-corrected chi connectivity index (χ4v) is 2.37. The van der Waals surface area contributed by atoms with Gasteiger partial charge in [-0.15, -0.1) is 0 Å². The Kier molecular flexibility index (Phi) is 3.10. The lowest BCUT2D eigenvalue weighted by atomic mass is 10.0. The van der Waals surface area contributed by atoms with Crippen LogP contribution in [-0.2, 0) is 0 Å². The standard InChI is InChI=1S/C16H12FNO3/c1-21-13-7-3-5-10(14(13)17)11-6-2-4-9-8-12(16(19)20)18-15(9)11/h2-8,18H,1H3,(H,19,20). The Labute approximate surface area is 119 Å². The van der Waals surface area contributed by atoms with Crippen LogP contribution in [0.15, 0.2) is 42.5 Å². The average Bonchev–Trinajstić information content (AvgIpc) is 2.92. The molecular formula is C16H12FNO3. The van der Waals surface area contributed by atoms with Crippen molar-refractivity contribution in [3.63, 3.8) is 0 Å². The Morgan fingerprint density at radius 2 is 1.90 bits per heavy atom. The number of methoxy groups -OCH3 is 1. The number of aromatic amines is 1. The first kappa shape index (κ1) is 13.2.